The molecule has 0 radical (unpaired) electrons. The molecule has 0 aliphatic heterocycles. The van der Waals surface area contributed by atoms with Crippen molar-refractivity contribution in [1.82, 2.24) is 5.32 Å². The Morgan fingerprint density at radius 3 is 2.79 bits per heavy atom. The number of benzene rings is 1. The lowest BCUT2D eigenvalue weighted by Crippen LogP contribution is -2.13. The Kier molecular flexibility index (Phi) is 4.43. The van der Waals surface area contributed by atoms with E-state index < -0.39 is 0 Å². The van der Waals surface area contributed by atoms with Crippen LogP contribution in [0.4, 0.5) is 0 Å². The van der Waals surface area contributed by atoms with Gasteiger partial charge < -0.3 is 9.84 Å². The second kappa shape index (κ2) is 5.62. The lowest BCUT2D eigenvalue weighted by molar-refractivity contribution is 0.259. The molecule has 0 atom stereocenters. The van der Waals surface area contributed by atoms with Gasteiger partial charge in [-0.05, 0) is 31.0 Å². The fraction of sp³-hybridized carbons (Fsp3) is 0.455. The van der Waals surface area contributed by atoms with Gasteiger partial charge in [0.25, 0.3) is 0 Å². The molecule has 0 spiro atoms. The van der Waals surface area contributed by atoms with Crippen molar-refractivity contribution in [3.63, 3.8) is 0 Å². The highest BCUT2D eigenvalue weighted by Gasteiger charge is 1.99. The zero-order valence-corrected chi connectivity index (χ0v) is 8.71. The molecule has 1 aromatic carbocycles. The van der Waals surface area contributed by atoms with Crippen molar-refractivity contribution in [2.75, 3.05) is 13.3 Å². The Labute approximate surface area is 84.7 Å². The molecular weight excluding hydrogens is 178 g/mol. The summed E-state index contributed by atoms with van der Waals surface area (Å²) in [4.78, 5) is 0. The lowest BCUT2D eigenvalue weighted by atomic mass is 10.1. The highest BCUT2D eigenvalue weighted by atomic mass is 16.5. The molecule has 1 aromatic rings. The summed E-state index contributed by atoms with van der Waals surface area (Å²) in [5.74, 6) is 0.931. The zero-order valence-electron chi connectivity index (χ0n) is 8.71. The number of aliphatic hydroxyl groups excluding tert-OH is 1. The van der Waals surface area contributed by atoms with Crippen molar-refractivity contribution >= 4 is 0 Å². The molecule has 0 aliphatic carbocycles. The van der Waals surface area contributed by atoms with Crippen LogP contribution >= 0.6 is 0 Å². The number of ether oxygens (including phenoxy) is 1. The van der Waals surface area contributed by atoms with E-state index in [1.807, 2.05) is 26.0 Å². The van der Waals surface area contributed by atoms with Crippen LogP contribution in [0.5, 0.6) is 5.75 Å². The third-order valence-electron chi connectivity index (χ3n) is 1.98. The van der Waals surface area contributed by atoms with Crippen LogP contribution in [-0.2, 0) is 6.54 Å². The van der Waals surface area contributed by atoms with Crippen LogP contribution in [0.2, 0.25) is 0 Å². The molecule has 0 fully saturated rings. The predicted molar refractivity (Wildman–Crippen MR) is 56.3 cm³/mol. The third-order valence-corrected chi connectivity index (χ3v) is 1.98. The van der Waals surface area contributed by atoms with Gasteiger partial charge in [0.15, 0.2) is 0 Å². The van der Waals surface area contributed by atoms with E-state index in [0.717, 1.165) is 16.9 Å². The Morgan fingerprint density at radius 1 is 1.43 bits per heavy atom. The molecule has 0 amide bonds. The van der Waals surface area contributed by atoms with Crippen molar-refractivity contribution in [1.29, 1.82) is 0 Å². The van der Waals surface area contributed by atoms with Crippen LogP contribution in [0.15, 0.2) is 18.2 Å². The highest BCUT2D eigenvalue weighted by Crippen LogP contribution is 2.18. The minimum atomic E-state index is 0.00621. The topological polar surface area (TPSA) is 41.5 Å². The molecule has 0 aromatic heterocycles. The van der Waals surface area contributed by atoms with E-state index >= 15 is 0 Å². The molecule has 0 aliphatic rings. The van der Waals surface area contributed by atoms with Gasteiger partial charge in [-0.25, -0.2) is 0 Å². The summed E-state index contributed by atoms with van der Waals surface area (Å²) in [7, 11) is 0. The maximum Gasteiger partial charge on any atom is 0.122 e. The number of aliphatic hydroxyl groups is 1. The van der Waals surface area contributed by atoms with Gasteiger partial charge in [-0.3, -0.25) is 5.32 Å². The van der Waals surface area contributed by atoms with Gasteiger partial charge in [0, 0.05) is 6.54 Å². The molecule has 0 unspecified atom stereocenters. The minimum Gasteiger partial charge on any atom is -0.494 e. The number of hydrogen-bond acceptors (Lipinski definition) is 3. The van der Waals surface area contributed by atoms with Crippen molar-refractivity contribution in [2.45, 2.75) is 20.4 Å². The Bertz CT molecular complexity index is 287. The van der Waals surface area contributed by atoms with Crippen molar-refractivity contribution < 1.29 is 9.84 Å². The normalized spacial score (nSPS) is 10.2. The Morgan fingerprint density at radius 2 is 2.21 bits per heavy atom. The molecule has 14 heavy (non-hydrogen) atoms. The monoisotopic (exact) mass is 195 g/mol. The first-order valence-electron chi connectivity index (χ1n) is 4.81. The van der Waals surface area contributed by atoms with Crippen LogP contribution in [0.1, 0.15) is 18.1 Å². The summed E-state index contributed by atoms with van der Waals surface area (Å²) in [5.41, 5.74) is 2.28. The van der Waals surface area contributed by atoms with Crippen molar-refractivity contribution in [3.8, 4) is 5.75 Å². The first kappa shape index (κ1) is 11.0. The Balaban J connectivity index is 2.68. The molecule has 1 rings (SSSR count). The van der Waals surface area contributed by atoms with E-state index in [1.165, 1.54) is 0 Å². The molecule has 3 heteroatoms. The maximum atomic E-state index is 8.60. The molecule has 0 bridgehead atoms. The number of hydrogen-bond donors (Lipinski definition) is 2. The summed E-state index contributed by atoms with van der Waals surface area (Å²) >= 11 is 0. The second-order valence-electron chi connectivity index (χ2n) is 3.12. The summed E-state index contributed by atoms with van der Waals surface area (Å²) in [6, 6.07) is 6.03. The molecule has 78 valence electrons. The zero-order chi connectivity index (χ0) is 10.4. The fourth-order valence-electron chi connectivity index (χ4n) is 1.34. The molecule has 3 nitrogen and oxygen atoms in total. The molecule has 0 saturated heterocycles. The number of aryl methyl sites for hydroxylation is 1. The maximum absolute atomic E-state index is 8.60. The minimum absolute atomic E-state index is 0.00621. The van der Waals surface area contributed by atoms with Gasteiger partial charge >= 0.3 is 0 Å². The number of nitrogens with one attached hydrogen (secondary N) is 1. The lowest BCUT2D eigenvalue weighted by Gasteiger charge is -2.09. The van der Waals surface area contributed by atoms with Gasteiger partial charge in [0.1, 0.15) is 5.75 Å². The molecule has 0 heterocycles. The van der Waals surface area contributed by atoms with Crippen LogP contribution in [0, 0.1) is 6.92 Å². The molecular formula is C11H17NO2. The largest absolute Gasteiger partial charge is 0.494 e. The average Bonchev–Trinajstić information content (AvgIpc) is 2.19. The van der Waals surface area contributed by atoms with Gasteiger partial charge in [-0.15, -0.1) is 0 Å². The smallest absolute Gasteiger partial charge is 0.122 e. The van der Waals surface area contributed by atoms with Crippen molar-refractivity contribution in [2.24, 2.45) is 0 Å². The van der Waals surface area contributed by atoms with Gasteiger partial charge in [0.05, 0.1) is 13.3 Å². The van der Waals surface area contributed by atoms with Crippen LogP contribution in [-0.4, -0.2) is 18.4 Å². The first-order valence-corrected chi connectivity index (χ1v) is 4.81. The van der Waals surface area contributed by atoms with Crippen LogP contribution < -0.4 is 10.1 Å². The van der Waals surface area contributed by atoms with Gasteiger partial charge in [0.2, 0.25) is 0 Å². The van der Waals surface area contributed by atoms with E-state index in [-0.39, 0.29) is 6.73 Å². The standard InChI is InChI=1S/C11H17NO2/c1-3-14-11-5-4-10(6-9(11)2)7-12-8-13/h4-6,12-13H,3,7-8H2,1-2H3. The number of rotatable bonds is 5. The summed E-state index contributed by atoms with van der Waals surface area (Å²) < 4.78 is 5.43. The first-order chi connectivity index (χ1) is 6.77. The third kappa shape index (κ3) is 3.01. The second-order valence-corrected chi connectivity index (χ2v) is 3.12. The van der Waals surface area contributed by atoms with Crippen molar-refractivity contribution in [3.05, 3.63) is 29.3 Å². The van der Waals surface area contributed by atoms with E-state index in [0.29, 0.717) is 13.2 Å². The Hall–Kier alpha value is -1.06. The van der Waals surface area contributed by atoms with E-state index in [2.05, 4.69) is 11.4 Å². The van der Waals surface area contributed by atoms with Crippen LogP contribution in [0.3, 0.4) is 0 Å². The van der Waals surface area contributed by atoms with Gasteiger partial charge in [-0.1, -0.05) is 12.1 Å². The SMILES string of the molecule is CCOc1ccc(CNCO)cc1C. The average molecular weight is 195 g/mol. The summed E-state index contributed by atoms with van der Waals surface area (Å²) in [6.45, 7) is 5.37. The van der Waals surface area contributed by atoms with Crippen LogP contribution in [0.25, 0.3) is 0 Å². The molecule has 0 saturated carbocycles. The summed E-state index contributed by atoms with van der Waals surface area (Å²) in [6.07, 6.45) is 0. The predicted octanol–water partition coefficient (Wildman–Crippen LogP) is 1.43. The fourth-order valence-corrected chi connectivity index (χ4v) is 1.34. The van der Waals surface area contributed by atoms with E-state index in [4.69, 9.17) is 9.84 Å². The quantitative estimate of drug-likeness (QED) is 0.698. The van der Waals surface area contributed by atoms with E-state index in [1.54, 1.807) is 0 Å². The molecule has 2 N–H and O–H groups in total. The van der Waals surface area contributed by atoms with E-state index in [9.17, 15) is 0 Å². The summed E-state index contributed by atoms with van der Waals surface area (Å²) in [5, 5.41) is 11.5. The highest BCUT2D eigenvalue weighted by molar-refractivity contribution is 5.36. The van der Waals surface area contributed by atoms with Gasteiger partial charge in [-0.2, -0.15) is 0 Å².